The maximum atomic E-state index is 5.84. The van der Waals surface area contributed by atoms with E-state index in [1.165, 1.54) is 16.3 Å². The second-order valence-corrected chi connectivity index (χ2v) is 4.10. The van der Waals surface area contributed by atoms with Crippen molar-refractivity contribution < 1.29 is 0 Å². The number of hydrogen-bond acceptors (Lipinski definition) is 0. The summed E-state index contributed by atoms with van der Waals surface area (Å²) < 4.78 is 1.09. The quantitative estimate of drug-likeness (QED) is 0.618. The van der Waals surface area contributed by atoms with Gasteiger partial charge in [-0.3, -0.25) is 0 Å². The fourth-order valence-electron chi connectivity index (χ4n) is 1.43. The Balaban J connectivity index is 0.000000531. The van der Waals surface area contributed by atoms with Crippen LogP contribution in [0.25, 0.3) is 10.8 Å². The van der Waals surface area contributed by atoms with E-state index >= 15 is 0 Å². The minimum Gasteiger partial charge on any atom is -0.122 e. The second-order valence-electron chi connectivity index (χ2n) is 2.92. The third-order valence-electron chi connectivity index (χ3n) is 2.08. The highest BCUT2D eigenvalue weighted by molar-refractivity contribution is 9.10. The highest BCUT2D eigenvalue weighted by Crippen LogP contribution is 2.23. The van der Waals surface area contributed by atoms with Gasteiger partial charge in [-0.15, -0.1) is 11.6 Å². The van der Waals surface area contributed by atoms with Crippen molar-refractivity contribution in [2.24, 2.45) is 0 Å². The topological polar surface area (TPSA) is 0 Å². The fourth-order valence-corrected chi connectivity index (χ4v) is 2.02. The molecule has 0 aromatic heterocycles. The molecule has 0 bridgehead atoms. The standard InChI is InChI=1S/C11H8BrCl.C2H6/c12-10-5-4-8-2-1-3-9(7-13)11(8)6-10;1-2/h1-6H,7H2;1-2H3. The van der Waals surface area contributed by atoms with Gasteiger partial charge in [0.05, 0.1) is 0 Å². The van der Waals surface area contributed by atoms with Crippen LogP contribution in [0.5, 0.6) is 0 Å². The lowest BCUT2D eigenvalue weighted by Gasteiger charge is -2.03. The molecular formula is C13H14BrCl. The van der Waals surface area contributed by atoms with E-state index in [2.05, 4.69) is 40.2 Å². The lowest BCUT2D eigenvalue weighted by Crippen LogP contribution is -1.81. The van der Waals surface area contributed by atoms with Crippen molar-refractivity contribution in [2.45, 2.75) is 19.7 Å². The van der Waals surface area contributed by atoms with Gasteiger partial charge in [0, 0.05) is 10.4 Å². The van der Waals surface area contributed by atoms with Crippen LogP contribution in [0.2, 0.25) is 0 Å². The van der Waals surface area contributed by atoms with Gasteiger partial charge in [-0.2, -0.15) is 0 Å². The van der Waals surface area contributed by atoms with Crippen molar-refractivity contribution in [3.63, 3.8) is 0 Å². The summed E-state index contributed by atoms with van der Waals surface area (Å²) in [5.74, 6) is 0.563. The molecule has 2 aromatic carbocycles. The normalized spacial score (nSPS) is 9.60. The van der Waals surface area contributed by atoms with Crippen LogP contribution in [-0.2, 0) is 5.88 Å². The molecule has 0 heterocycles. The van der Waals surface area contributed by atoms with Crippen molar-refractivity contribution in [1.82, 2.24) is 0 Å². The summed E-state index contributed by atoms with van der Waals surface area (Å²) in [6.07, 6.45) is 0. The van der Waals surface area contributed by atoms with Crippen LogP contribution in [0, 0.1) is 0 Å². The minimum absolute atomic E-state index is 0.563. The molecule has 0 N–H and O–H groups in total. The first-order valence-corrected chi connectivity index (χ1v) is 6.37. The Morgan fingerprint density at radius 1 is 1.13 bits per heavy atom. The molecular weight excluding hydrogens is 272 g/mol. The molecule has 0 saturated carbocycles. The van der Waals surface area contributed by atoms with Crippen molar-refractivity contribution in [3.8, 4) is 0 Å². The number of rotatable bonds is 1. The summed E-state index contributed by atoms with van der Waals surface area (Å²) in [4.78, 5) is 0. The van der Waals surface area contributed by atoms with E-state index in [0.29, 0.717) is 5.88 Å². The minimum atomic E-state index is 0.563. The average Bonchev–Trinajstić information content (AvgIpc) is 2.31. The first-order valence-electron chi connectivity index (χ1n) is 5.04. The summed E-state index contributed by atoms with van der Waals surface area (Å²) in [6.45, 7) is 4.00. The highest BCUT2D eigenvalue weighted by Gasteiger charge is 1.99. The van der Waals surface area contributed by atoms with E-state index in [4.69, 9.17) is 11.6 Å². The van der Waals surface area contributed by atoms with Crippen molar-refractivity contribution in [3.05, 3.63) is 46.4 Å². The summed E-state index contributed by atoms with van der Waals surface area (Å²) in [6, 6.07) is 12.4. The van der Waals surface area contributed by atoms with Gasteiger partial charge in [0.25, 0.3) is 0 Å². The number of benzene rings is 2. The lowest BCUT2D eigenvalue weighted by atomic mass is 10.1. The van der Waals surface area contributed by atoms with Crippen molar-refractivity contribution in [2.75, 3.05) is 0 Å². The Hall–Kier alpha value is -0.530. The molecule has 0 atom stereocenters. The van der Waals surface area contributed by atoms with Crippen LogP contribution in [0.15, 0.2) is 40.9 Å². The zero-order valence-corrected chi connectivity index (χ0v) is 11.3. The molecule has 0 saturated heterocycles. The number of fused-ring (bicyclic) bond motifs is 1. The van der Waals surface area contributed by atoms with Crippen molar-refractivity contribution >= 4 is 38.3 Å². The Bertz CT molecular complexity index is 437. The third kappa shape index (κ3) is 2.96. The van der Waals surface area contributed by atoms with Gasteiger partial charge in [-0.1, -0.05) is 54.0 Å². The van der Waals surface area contributed by atoms with Crippen LogP contribution >= 0.6 is 27.5 Å². The molecule has 0 unspecified atom stereocenters. The van der Waals surface area contributed by atoms with Gasteiger partial charge in [-0.25, -0.2) is 0 Å². The van der Waals surface area contributed by atoms with Crippen LogP contribution in [0.1, 0.15) is 19.4 Å². The van der Waals surface area contributed by atoms with Crippen LogP contribution in [-0.4, -0.2) is 0 Å². The molecule has 0 amide bonds. The Morgan fingerprint density at radius 2 is 1.87 bits per heavy atom. The maximum Gasteiger partial charge on any atom is 0.0480 e. The van der Waals surface area contributed by atoms with Gasteiger partial charge >= 0.3 is 0 Å². The van der Waals surface area contributed by atoms with Gasteiger partial charge in [0.1, 0.15) is 0 Å². The van der Waals surface area contributed by atoms with Gasteiger partial charge in [-0.05, 0) is 28.5 Å². The predicted molar refractivity (Wildman–Crippen MR) is 72.6 cm³/mol. The number of halogens is 2. The van der Waals surface area contributed by atoms with Crippen LogP contribution in [0.3, 0.4) is 0 Å². The Morgan fingerprint density at radius 3 is 2.53 bits per heavy atom. The summed E-state index contributed by atoms with van der Waals surface area (Å²) >= 11 is 9.30. The zero-order valence-electron chi connectivity index (χ0n) is 8.93. The van der Waals surface area contributed by atoms with E-state index in [1.807, 2.05) is 26.0 Å². The third-order valence-corrected chi connectivity index (χ3v) is 2.86. The van der Waals surface area contributed by atoms with Crippen molar-refractivity contribution in [1.29, 1.82) is 0 Å². The molecule has 2 heteroatoms. The zero-order chi connectivity index (χ0) is 11.3. The number of hydrogen-bond donors (Lipinski definition) is 0. The lowest BCUT2D eigenvalue weighted by molar-refractivity contribution is 1.45. The van der Waals surface area contributed by atoms with Crippen LogP contribution < -0.4 is 0 Å². The monoisotopic (exact) mass is 284 g/mol. The Kier molecular flexibility index (Phi) is 5.13. The fraction of sp³-hybridized carbons (Fsp3) is 0.231. The molecule has 80 valence electrons. The maximum absolute atomic E-state index is 5.84. The summed E-state index contributed by atoms with van der Waals surface area (Å²) in [7, 11) is 0. The molecule has 0 radical (unpaired) electrons. The molecule has 0 fully saturated rings. The molecule has 0 aliphatic heterocycles. The second kappa shape index (κ2) is 6.14. The molecule has 15 heavy (non-hydrogen) atoms. The average molecular weight is 286 g/mol. The molecule has 0 aliphatic carbocycles. The number of alkyl halides is 1. The van der Waals surface area contributed by atoms with E-state index in [-0.39, 0.29) is 0 Å². The predicted octanol–water partition coefficient (Wildman–Crippen LogP) is 5.37. The van der Waals surface area contributed by atoms with Gasteiger partial charge in [0.2, 0.25) is 0 Å². The largest absolute Gasteiger partial charge is 0.122 e. The van der Waals surface area contributed by atoms with E-state index in [9.17, 15) is 0 Å². The van der Waals surface area contributed by atoms with E-state index in [1.54, 1.807) is 0 Å². The Labute approximate surface area is 104 Å². The summed E-state index contributed by atoms with van der Waals surface area (Å²) in [5, 5.41) is 2.47. The first-order chi connectivity index (χ1) is 7.31. The summed E-state index contributed by atoms with van der Waals surface area (Å²) in [5.41, 5.74) is 1.18. The molecule has 0 nitrogen and oxygen atoms in total. The highest BCUT2D eigenvalue weighted by atomic mass is 79.9. The smallest absolute Gasteiger partial charge is 0.0480 e. The van der Waals surface area contributed by atoms with Crippen LogP contribution in [0.4, 0.5) is 0 Å². The van der Waals surface area contributed by atoms with E-state index in [0.717, 1.165) is 4.47 Å². The molecule has 2 aromatic rings. The van der Waals surface area contributed by atoms with Gasteiger partial charge < -0.3 is 0 Å². The molecule has 2 rings (SSSR count). The SMILES string of the molecule is CC.ClCc1cccc2ccc(Br)cc12. The van der Waals surface area contributed by atoms with E-state index < -0.39 is 0 Å². The molecule has 0 aliphatic rings. The molecule has 0 spiro atoms. The first kappa shape index (κ1) is 12.5. The van der Waals surface area contributed by atoms with Gasteiger partial charge in [0.15, 0.2) is 0 Å².